The van der Waals surface area contributed by atoms with Crippen molar-refractivity contribution in [2.24, 2.45) is 11.8 Å². The first-order chi connectivity index (χ1) is 8.48. The van der Waals surface area contributed by atoms with Crippen molar-refractivity contribution in [3.8, 4) is 0 Å². The fourth-order valence-corrected chi connectivity index (χ4v) is 2.83. The maximum absolute atomic E-state index is 12.7. The smallest absolute Gasteiger partial charge is 0.391 e. The van der Waals surface area contributed by atoms with Crippen molar-refractivity contribution < 1.29 is 23.0 Å². The van der Waals surface area contributed by atoms with Gasteiger partial charge < -0.3 is 9.84 Å². The highest BCUT2D eigenvalue weighted by atomic mass is 19.4. The van der Waals surface area contributed by atoms with Crippen LogP contribution in [0.2, 0.25) is 0 Å². The van der Waals surface area contributed by atoms with E-state index < -0.39 is 18.2 Å². The zero-order valence-corrected chi connectivity index (χ0v) is 10.2. The van der Waals surface area contributed by atoms with Crippen LogP contribution in [0.15, 0.2) is 11.8 Å². The number of rotatable bonds is 2. The first-order valence-corrected chi connectivity index (χ1v) is 6.56. The van der Waals surface area contributed by atoms with Crippen LogP contribution in [0.1, 0.15) is 38.5 Å². The highest BCUT2D eigenvalue weighted by molar-refractivity contribution is 5.05. The third-order valence-electron chi connectivity index (χ3n) is 3.88. The van der Waals surface area contributed by atoms with Crippen LogP contribution in [0.25, 0.3) is 0 Å². The lowest BCUT2D eigenvalue weighted by Gasteiger charge is -2.34. The summed E-state index contributed by atoms with van der Waals surface area (Å²) < 4.78 is 43.4. The summed E-state index contributed by atoms with van der Waals surface area (Å²) >= 11 is 0. The topological polar surface area (TPSA) is 29.5 Å². The van der Waals surface area contributed by atoms with Crippen molar-refractivity contribution in [1.29, 1.82) is 0 Å². The lowest BCUT2D eigenvalue weighted by molar-refractivity contribution is -0.188. The Morgan fingerprint density at radius 2 is 2.06 bits per heavy atom. The molecule has 1 fully saturated rings. The van der Waals surface area contributed by atoms with Gasteiger partial charge in [-0.05, 0) is 44.1 Å². The number of halogens is 3. The normalized spacial score (nSPS) is 31.4. The van der Waals surface area contributed by atoms with E-state index in [1.165, 1.54) is 0 Å². The number of hydrogen-bond acceptors (Lipinski definition) is 2. The molecule has 0 radical (unpaired) electrons. The maximum Gasteiger partial charge on any atom is 0.391 e. The zero-order chi connectivity index (χ0) is 13.2. The summed E-state index contributed by atoms with van der Waals surface area (Å²) in [6.45, 7) is 0.554. The van der Waals surface area contributed by atoms with Gasteiger partial charge in [-0.1, -0.05) is 6.42 Å². The van der Waals surface area contributed by atoms with E-state index in [9.17, 15) is 18.3 Å². The van der Waals surface area contributed by atoms with Crippen LogP contribution >= 0.6 is 0 Å². The molecule has 1 heterocycles. The van der Waals surface area contributed by atoms with Gasteiger partial charge in [-0.2, -0.15) is 13.2 Å². The van der Waals surface area contributed by atoms with Gasteiger partial charge in [0.25, 0.3) is 0 Å². The fraction of sp³-hybridized carbons (Fsp3) is 0.846. The van der Waals surface area contributed by atoms with E-state index >= 15 is 0 Å². The van der Waals surface area contributed by atoms with Gasteiger partial charge in [0.15, 0.2) is 0 Å². The van der Waals surface area contributed by atoms with Crippen LogP contribution in [0.5, 0.6) is 0 Å². The predicted octanol–water partition coefficient (Wildman–Crippen LogP) is 3.41. The summed E-state index contributed by atoms with van der Waals surface area (Å²) in [5.74, 6) is -1.11. The Morgan fingerprint density at radius 1 is 1.28 bits per heavy atom. The minimum absolute atomic E-state index is 0.0192. The second-order valence-electron chi connectivity index (χ2n) is 5.21. The van der Waals surface area contributed by atoms with Crippen LogP contribution in [0.3, 0.4) is 0 Å². The molecule has 3 atom stereocenters. The Kier molecular flexibility index (Phi) is 4.20. The van der Waals surface area contributed by atoms with E-state index in [0.29, 0.717) is 25.2 Å². The Balaban J connectivity index is 1.98. The molecule has 104 valence electrons. The molecular formula is C13H19F3O2. The van der Waals surface area contributed by atoms with E-state index in [1.54, 1.807) is 0 Å². The highest BCUT2D eigenvalue weighted by Gasteiger charge is 2.44. The van der Waals surface area contributed by atoms with Crippen LogP contribution in [-0.4, -0.2) is 24.0 Å². The molecule has 1 aliphatic carbocycles. The number of alkyl halides is 3. The minimum Gasteiger partial charge on any atom is -0.495 e. The van der Waals surface area contributed by atoms with E-state index in [-0.39, 0.29) is 18.8 Å². The van der Waals surface area contributed by atoms with Gasteiger partial charge in [-0.3, -0.25) is 0 Å². The van der Waals surface area contributed by atoms with Gasteiger partial charge in [0.2, 0.25) is 0 Å². The predicted molar refractivity (Wildman–Crippen MR) is 60.8 cm³/mol. The first-order valence-electron chi connectivity index (χ1n) is 6.56. The molecule has 0 aromatic heterocycles. The van der Waals surface area contributed by atoms with Crippen molar-refractivity contribution in [1.82, 2.24) is 0 Å². The van der Waals surface area contributed by atoms with E-state index in [0.717, 1.165) is 12.8 Å². The number of allylic oxidation sites excluding steroid dienone is 1. The lowest BCUT2D eigenvalue weighted by atomic mass is 9.77. The lowest BCUT2D eigenvalue weighted by Crippen LogP contribution is -2.35. The second-order valence-corrected chi connectivity index (χ2v) is 5.21. The quantitative estimate of drug-likeness (QED) is 0.828. The molecule has 0 aromatic carbocycles. The number of ether oxygens (including phenoxy) is 1. The summed E-state index contributed by atoms with van der Waals surface area (Å²) in [6, 6.07) is 0. The van der Waals surface area contributed by atoms with Gasteiger partial charge in [-0.25, -0.2) is 0 Å². The highest BCUT2D eigenvalue weighted by Crippen LogP contribution is 2.42. The molecule has 1 aliphatic heterocycles. The SMILES string of the molecule is OC(C1=CCCCO1)C1CCCC(C(F)(F)F)C1. The third-order valence-corrected chi connectivity index (χ3v) is 3.88. The summed E-state index contributed by atoms with van der Waals surface area (Å²) in [6.07, 6.45) is -0.0686. The number of aliphatic hydroxyl groups is 1. The Morgan fingerprint density at radius 3 is 2.67 bits per heavy atom. The molecule has 2 rings (SSSR count). The molecule has 3 unspecified atom stereocenters. The van der Waals surface area contributed by atoms with Crippen molar-refractivity contribution in [3.63, 3.8) is 0 Å². The standard InChI is InChI=1S/C13H19F3O2/c14-13(15,16)10-5-3-4-9(8-10)12(17)11-6-1-2-7-18-11/h6,9-10,12,17H,1-5,7-8H2. The minimum atomic E-state index is -4.14. The monoisotopic (exact) mass is 264 g/mol. The zero-order valence-electron chi connectivity index (χ0n) is 10.2. The Hall–Kier alpha value is -0.710. The number of aliphatic hydroxyl groups excluding tert-OH is 1. The Bertz CT molecular complexity index is 312. The first kappa shape index (κ1) is 13.7. The molecule has 2 aliphatic rings. The molecule has 0 bridgehead atoms. The molecule has 0 saturated heterocycles. The average molecular weight is 264 g/mol. The molecule has 18 heavy (non-hydrogen) atoms. The van der Waals surface area contributed by atoms with Crippen molar-refractivity contribution in [2.45, 2.75) is 50.8 Å². The number of hydrogen-bond donors (Lipinski definition) is 1. The van der Waals surface area contributed by atoms with Crippen molar-refractivity contribution >= 4 is 0 Å². The van der Waals surface area contributed by atoms with Gasteiger partial charge >= 0.3 is 6.18 Å². The van der Waals surface area contributed by atoms with Gasteiger partial charge in [0, 0.05) is 0 Å². The Labute approximate surface area is 105 Å². The van der Waals surface area contributed by atoms with Gasteiger partial charge in [0.1, 0.15) is 11.9 Å². The van der Waals surface area contributed by atoms with E-state index in [4.69, 9.17) is 4.74 Å². The molecule has 2 nitrogen and oxygen atoms in total. The van der Waals surface area contributed by atoms with Crippen LogP contribution in [0, 0.1) is 11.8 Å². The summed E-state index contributed by atoms with van der Waals surface area (Å²) in [5.41, 5.74) is 0. The summed E-state index contributed by atoms with van der Waals surface area (Å²) in [4.78, 5) is 0. The molecule has 5 heteroatoms. The van der Waals surface area contributed by atoms with E-state index in [1.807, 2.05) is 6.08 Å². The summed E-state index contributed by atoms with van der Waals surface area (Å²) in [7, 11) is 0. The molecule has 1 saturated carbocycles. The van der Waals surface area contributed by atoms with Crippen LogP contribution in [0.4, 0.5) is 13.2 Å². The fourth-order valence-electron chi connectivity index (χ4n) is 2.83. The van der Waals surface area contributed by atoms with E-state index in [2.05, 4.69) is 0 Å². The average Bonchev–Trinajstić information content (AvgIpc) is 2.38. The van der Waals surface area contributed by atoms with Crippen LogP contribution < -0.4 is 0 Å². The molecule has 1 N–H and O–H groups in total. The van der Waals surface area contributed by atoms with Gasteiger partial charge in [0.05, 0.1) is 12.5 Å². The van der Waals surface area contributed by atoms with Crippen LogP contribution in [-0.2, 0) is 4.74 Å². The molecule has 0 spiro atoms. The molecular weight excluding hydrogens is 245 g/mol. The van der Waals surface area contributed by atoms with Gasteiger partial charge in [-0.15, -0.1) is 0 Å². The summed E-state index contributed by atoms with van der Waals surface area (Å²) in [5, 5.41) is 10.1. The third kappa shape index (κ3) is 3.19. The molecule has 0 amide bonds. The maximum atomic E-state index is 12.7. The molecule has 0 aromatic rings. The van der Waals surface area contributed by atoms with Crippen molar-refractivity contribution in [2.75, 3.05) is 6.61 Å². The largest absolute Gasteiger partial charge is 0.495 e. The second kappa shape index (κ2) is 5.51. The van der Waals surface area contributed by atoms with Crippen molar-refractivity contribution in [3.05, 3.63) is 11.8 Å².